The molecular formula is C19H14BrNO4S. The fourth-order valence-corrected chi connectivity index (χ4v) is 3.52. The Hall–Kier alpha value is -2.51. The summed E-state index contributed by atoms with van der Waals surface area (Å²) in [5, 5.41) is 20.8. The number of nitrogens with zero attached hydrogens (tertiary/aromatic N) is 1. The molecule has 0 aromatic heterocycles. The van der Waals surface area contributed by atoms with E-state index in [9.17, 15) is 15.2 Å². The van der Waals surface area contributed by atoms with E-state index in [1.54, 1.807) is 30.3 Å². The molecule has 3 aromatic rings. The van der Waals surface area contributed by atoms with Gasteiger partial charge in [-0.2, -0.15) is 0 Å². The van der Waals surface area contributed by atoms with Gasteiger partial charge in [0.15, 0.2) is 0 Å². The van der Waals surface area contributed by atoms with E-state index in [1.165, 1.54) is 17.8 Å². The van der Waals surface area contributed by atoms with E-state index in [0.717, 1.165) is 9.37 Å². The zero-order chi connectivity index (χ0) is 18.5. The van der Waals surface area contributed by atoms with Crippen molar-refractivity contribution in [2.45, 2.75) is 16.4 Å². The smallest absolute Gasteiger partial charge is 0.283 e. The zero-order valence-electron chi connectivity index (χ0n) is 13.5. The molecule has 0 saturated carbocycles. The zero-order valence-corrected chi connectivity index (χ0v) is 15.9. The first-order valence-electron chi connectivity index (χ1n) is 7.64. The van der Waals surface area contributed by atoms with Gasteiger partial charge < -0.3 is 9.84 Å². The maximum atomic E-state index is 11.4. The molecule has 1 N–H and O–H groups in total. The van der Waals surface area contributed by atoms with Gasteiger partial charge >= 0.3 is 0 Å². The molecule has 0 bridgehead atoms. The van der Waals surface area contributed by atoms with Gasteiger partial charge in [0.25, 0.3) is 5.69 Å². The molecule has 132 valence electrons. The Morgan fingerprint density at radius 2 is 1.85 bits per heavy atom. The fraction of sp³-hybridized carbons (Fsp3) is 0.0526. The lowest BCUT2D eigenvalue weighted by Crippen LogP contribution is -1.98. The van der Waals surface area contributed by atoms with Crippen LogP contribution >= 0.6 is 27.7 Å². The van der Waals surface area contributed by atoms with Crippen molar-refractivity contribution in [1.82, 2.24) is 0 Å². The second kappa shape index (κ2) is 8.25. The Morgan fingerprint density at radius 1 is 1.08 bits per heavy atom. The summed E-state index contributed by atoms with van der Waals surface area (Å²) in [6, 6.07) is 19.0. The molecule has 0 radical (unpaired) electrons. The van der Waals surface area contributed by atoms with Crippen LogP contribution in [0.5, 0.6) is 11.5 Å². The number of phenolic OH excluding ortho intramolecular Hbond substituents is 1. The summed E-state index contributed by atoms with van der Waals surface area (Å²) >= 11 is 4.65. The number of phenols is 1. The van der Waals surface area contributed by atoms with Crippen molar-refractivity contribution in [2.75, 3.05) is 0 Å². The number of nitro groups is 1. The molecule has 0 unspecified atom stereocenters. The van der Waals surface area contributed by atoms with Crippen molar-refractivity contribution < 1.29 is 14.8 Å². The Labute approximate surface area is 162 Å². The number of benzene rings is 3. The number of ether oxygens (including phenoxy) is 1. The molecule has 26 heavy (non-hydrogen) atoms. The Morgan fingerprint density at radius 3 is 2.54 bits per heavy atom. The summed E-state index contributed by atoms with van der Waals surface area (Å²) in [5.74, 6) is 0.841. The van der Waals surface area contributed by atoms with Crippen LogP contribution in [0, 0.1) is 10.1 Å². The summed E-state index contributed by atoms with van der Waals surface area (Å²) in [7, 11) is 0. The molecular weight excluding hydrogens is 418 g/mol. The van der Waals surface area contributed by atoms with Gasteiger partial charge in [-0.25, -0.2) is 0 Å². The normalized spacial score (nSPS) is 10.5. The van der Waals surface area contributed by atoms with Crippen molar-refractivity contribution in [3.63, 3.8) is 0 Å². The van der Waals surface area contributed by atoms with Crippen LogP contribution in [-0.4, -0.2) is 10.0 Å². The molecule has 0 atom stereocenters. The molecule has 3 aromatic carbocycles. The van der Waals surface area contributed by atoms with Crippen molar-refractivity contribution in [1.29, 1.82) is 0 Å². The Bertz CT molecular complexity index is 931. The van der Waals surface area contributed by atoms with E-state index in [1.807, 2.05) is 30.3 Å². The highest BCUT2D eigenvalue weighted by Crippen LogP contribution is 2.36. The third kappa shape index (κ3) is 4.77. The highest BCUT2D eigenvalue weighted by molar-refractivity contribution is 9.10. The standard InChI is InChI=1S/C19H14BrNO4S/c20-14-2-1-3-16(11-14)25-12-13-4-9-19(18(10-13)21(23)24)26-17-7-5-15(22)6-8-17/h1-11,22H,12H2. The van der Waals surface area contributed by atoms with Crippen LogP contribution in [0.1, 0.15) is 5.56 Å². The third-order valence-corrected chi connectivity index (χ3v) is 5.05. The van der Waals surface area contributed by atoms with Crippen LogP contribution in [-0.2, 0) is 6.61 Å². The van der Waals surface area contributed by atoms with Gasteiger partial charge in [-0.15, -0.1) is 0 Å². The van der Waals surface area contributed by atoms with Crippen molar-refractivity contribution in [2.24, 2.45) is 0 Å². The van der Waals surface area contributed by atoms with Gasteiger partial charge in [0.2, 0.25) is 0 Å². The molecule has 0 fully saturated rings. The van der Waals surface area contributed by atoms with Gasteiger partial charge in [-0.05, 0) is 54.1 Å². The molecule has 0 saturated heterocycles. The van der Waals surface area contributed by atoms with E-state index in [-0.39, 0.29) is 18.0 Å². The molecule has 3 rings (SSSR count). The monoisotopic (exact) mass is 431 g/mol. The van der Waals surface area contributed by atoms with E-state index < -0.39 is 4.92 Å². The van der Waals surface area contributed by atoms with Crippen molar-refractivity contribution in [3.05, 3.63) is 86.9 Å². The van der Waals surface area contributed by atoms with Gasteiger partial charge in [0.05, 0.1) is 9.82 Å². The van der Waals surface area contributed by atoms with Crippen LogP contribution in [0.25, 0.3) is 0 Å². The topological polar surface area (TPSA) is 72.6 Å². The van der Waals surface area contributed by atoms with Crippen LogP contribution < -0.4 is 4.74 Å². The molecule has 7 heteroatoms. The number of aromatic hydroxyl groups is 1. The maximum absolute atomic E-state index is 11.4. The van der Waals surface area contributed by atoms with Gasteiger partial charge in [0.1, 0.15) is 18.1 Å². The molecule has 0 amide bonds. The summed E-state index contributed by atoms with van der Waals surface area (Å²) in [4.78, 5) is 12.4. The first-order chi connectivity index (χ1) is 12.5. The molecule has 0 aliphatic rings. The van der Waals surface area contributed by atoms with Crippen LogP contribution in [0.4, 0.5) is 5.69 Å². The summed E-state index contributed by atoms with van der Waals surface area (Å²) < 4.78 is 6.60. The second-order valence-corrected chi connectivity index (χ2v) is 7.43. The van der Waals surface area contributed by atoms with Gasteiger partial charge in [-0.3, -0.25) is 10.1 Å². The van der Waals surface area contributed by atoms with Gasteiger partial charge in [0, 0.05) is 15.4 Å². The average Bonchev–Trinajstić information content (AvgIpc) is 2.62. The lowest BCUT2D eigenvalue weighted by atomic mass is 10.2. The molecule has 0 aliphatic heterocycles. The van der Waals surface area contributed by atoms with Crippen molar-refractivity contribution in [3.8, 4) is 11.5 Å². The summed E-state index contributed by atoms with van der Waals surface area (Å²) in [6.07, 6.45) is 0. The third-order valence-electron chi connectivity index (χ3n) is 3.49. The number of rotatable bonds is 6. The quantitative estimate of drug-likeness (QED) is 0.394. The van der Waals surface area contributed by atoms with Gasteiger partial charge in [-0.1, -0.05) is 39.8 Å². The minimum absolute atomic E-state index is 0.0263. The van der Waals surface area contributed by atoms with Crippen LogP contribution in [0.2, 0.25) is 0 Å². The van der Waals surface area contributed by atoms with E-state index in [4.69, 9.17) is 4.74 Å². The first kappa shape index (κ1) is 18.3. The summed E-state index contributed by atoms with van der Waals surface area (Å²) in [6.45, 7) is 0.238. The first-order valence-corrected chi connectivity index (χ1v) is 9.25. The highest BCUT2D eigenvalue weighted by Gasteiger charge is 2.16. The van der Waals surface area contributed by atoms with E-state index in [0.29, 0.717) is 16.2 Å². The molecule has 0 spiro atoms. The Balaban J connectivity index is 1.77. The highest BCUT2D eigenvalue weighted by atomic mass is 79.9. The minimum Gasteiger partial charge on any atom is -0.508 e. The number of hydrogen-bond acceptors (Lipinski definition) is 5. The largest absolute Gasteiger partial charge is 0.508 e. The van der Waals surface area contributed by atoms with E-state index in [2.05, 4.69) is 15.9 Å². The lowest BCUT2D eigenvalue weighted by Gasteiger charge is -2.08. The number of hydrogen-bond donors (Lipinski definition) is 1. The van der Waals surface area contributed by atoms with Crippen LogP contribution in [0.3, 0.4) is 0 Å². The SMILES string of the molecule is O=[N+]([O-])c1cc(COc2cccc(Br)c2)ccc1Sc1ccc(O)cc1. The molecule has 0 aliphatic carbocycles. The van der Waals surface area contributed by atoms with E-state index >= 15 is 0 Å². The minimum atomic E-state index is -0.397. The molecule has 5 nitrogen and oxygen atoms in total. The lowest BCUT2D eigenvalue weighted by molar-refractivity contribution is -0.387. The fourth-order valence-electron chi connectivity index (χ4n) is 2.25. The predicted octanol–water partition coefficient (Wildman–Crippen LogP) is 5.79. The Kier molecular flexibility index (Phi) is 5.80. The molecule has 0 heterocycles. The second-order valence-electron chi connectivity index (χ2n) is 5.40. The number of halogens is 1. The number of nitro benzene ring substituents is 1. The average molecular weight is 432 g/mol. The van der Waals surface area contributed by atoms with Crippen molar-refractivity contribution >= 4 is 33.4 Å². The maximum Gasteiger partial charge on any atom is 0.283 e. The predicted molar refractivity (Wildman–Crippen MR) is 104 cm³/mol. The van der Waals surface area contributed by atoms with Crippen LogP contribution in [0.15, 0.2) is 81.0 Å². The summed E-state index contributed by atoms with van der Waals surface area (Å²) in [5.41, 5.74) is 0.741.